The van der Waals surface area contributed by atoms with E-state index in [1.54, 1.807) is 0 Å². The molecule has 0 spiro atoms. The molecule has 0 N–H and O–H groups in total. The number of hydrogen-bond donors (Lipinski definition) is 0. The average Bonchev–Trinajstić information content (AvgIpc) is 2.05. The van der Waals surface area contributed by atoms with Crippen LogP contribution in [0.25, 0.3) is 0 Å². The molecule has 1 heteroatoms. The number of unbranched alkanes of at least 4 members (excludes halogenated alkanes) is 1. The lowest BCUT2D eigenvalue weighted by Gasteiger charge is -2.20. The third-order valence-corrected chi connectivity index (χ3v) is 2.30. The summed E-state index contributed by atoms with van der Waals surface area (Å²) in [5.41, 5.74) is 0. The highest BCUT2D eigenvalue weighted by atomic mass is 15.1. The molecule has 0 saturated carbocycles. The summed E-state index contributed by atoms with van der Waals surface area (Å²) in [6.45, 7) is 12.9. The first-order valence-electron chi connectivity index (χ1n) is 5.43. The Morgan fingerprint density at radius 1 is 1.08 bits per heavy atom. The minimum atomic E-state index is 0.848. The fourth-order valence-corrected chi connectivity index (χ4v) is 1.25. The van der Waals surface area contributed by atoms with Crippen molar-refractivity contribution in [1.29, 1.82) is 0 Å². The highest BCUT2D eigenvalue weighted by Crippen LogP contribution is 2.03. The van der Waals surface area contributed by atoms with Gasteiger partial charge in [-0.15, -0.1) is 0 Å². The van der Waals surface area contributed by atoms with E-state index in [4.69, 9.17) is 0 Å². The van der Waals surface area contributed by atoms with Crippen LogP contribution in [0.3, 0.4) is 0 Å². The van der Waals surface area contributed by atoms with Gasteiger partial charge < -0.3 is 4.90 Å². The molecular formula is C11H25N. The molecule has 1 nitrogen and oxygen atoms in total. The number of hydrogen-bond acceptors (Lipinski definition) is 1. The van der Waals surface area contributed by atoms with Crippen LogP contribution in [0.2, 0.25) is 0 Å². The molecule has 0 atom stereocenters. The van der Waals surface area contributed by atoms with E-state index >= 15 is 0 Å². The first kappa shape index (κ1) is 12.0. The van der Waals surface area contributed by atoms with E-state index in [2.05, 4.69) is 32.6 Å². The minimum Gasteiger partial charge on any atom is -0.304 e. The van der Waals surface area contributed by atoms with Crippen LogP contribution in [-0.4, -0.2) is 24.5 Å². The summed E-state index contributed by atoms with van der Waals surface area (Å²) >= 11 is 0. The summed E-state index contributed by atoms with van der Waals surface area (Å²) in [7, 11) is 0. The van der Waals surface area contributed by atoms with Crippen LogP contribution in [0.15, 0.2) is 0 Å². The second-order valence-electron chi connectivity index (χ2n) is 3.97. The Labute approximate surface area is 78.1 Å². The maximum atomic E-state index is 2.56. The van der Waals surface area contributed by atoms with Gasteiger partial charge in [-0.3, -0.25) is 0 Å². The molecule has 0 aromatic rings. The van der Waals surface area contributed by atoms with E-state index in [-0.39, 0.29) is 0 Å². The number of rotatable bonds is 7. The van der Waals surface area contributed by atoms with Crippen LogP contribution >= 0.6 is 0 Å². The van der Waals surface area contributed by atoms with Crippen LogP contribution in [0.5, 0.6) is 0 Å². The molecule has 0 aliphatic heterocycles. The Balaban J connectivity index is 3.39. The van der Waals surface area contributed by atoms with Crippen molar-refractivity contribution in [2.24, 2.45) is 5.92 Å². The summed E-state index contributed by atoms with van der Waals surface area (Å²) in [5, 5.41) is 0. The van der Waals surface area contributed by atoms with Crippen molar-refractivity contribution in [2.45, 2.75) is 47.0 Å². The maximum absolute atomic E-state index is 2.56. The van der Waals surface area contributed by atoms with Crippen LogP contribution < -0.4 is 0 Å². The molecule has 0 aliphatic carbocycles. The minimum absolute atomic E-state index is 0.848. The molecule has 0 unspecified atom stereocenters. The Bertz CT molecular complexity index is 89.0. The van der Waals surface area contributed by atoms with Crippen LogP contribution in [0.1, 0.15) is 47.0 Å². The topological polar surface area (TPSA) is 3.24 Å². The molecule has 74 valence electrons. The first-order chi connectivity index (χ1) is 5.70. The molecule has 0 heterocycles. The van der Waals surface area contributed by atoms with E-state index in [0.717, 1.165) is 5.92 Å². The first-order valence-corrected chi connectivity index (χ1v) is 5.43. The van der Waals surface area contributed by atoms with Gasteiger partial charge in [0, 0.05) is 0 Å². The standard InChI is InChI=1S/C11H25N/c1-5-7-9-12(6-2)10-8-11(3)4/h11H,5-10H2,1-4H3. The molecule has 0 aromatic heterocycles. The van der Waals surface area contributed by atoms with Crippen molar-refractivity contribution in [3.8, 4) is 0 Å². The van der Waals surface area contributed by atoms with Crippen molar-refractivity contribution >= 4 is 0 Å². The molecular weight excluding hydrogens is 146 g/mol. The summed E-state index contributed by atoms with van der Waals surface area (Å²) in [5.74, 6) is 0.848. The molecule has 0 radical (unpaired) electrons. The highest BCUT2D eigenvalue weighted by Gasteiger charge is 2.02. The van der Waals surface area contributed by atoms with Gasteiger partial charge >= 0.3 is 0 Å². The molecule has 0 saturated heterocycles. The Hall–Kier alpha value is -0.0400. The summed E-state index contributed by atoms with van der Waals surface area (Å²) in [6, 6.07) is 0. The van der Waals surface area contributed by atoms with Crippen molar-refractivity contribution in [3.63, 3.8) is 0 Å². The van der Waals surface area contributed by atoms with Gasteiger partial charge in [-0.25, -0.2) is 0 Å². The van der Waals surface area contributed by atoms with E-state index < -0.39 is 0 Å². The smallest absolute Gasteiger partial charge is 0.00164 e. The van der Waals surface area contributed by atoms with Gasteiger partial charge in [0.05, 0.1) is 0 Å². The predicted octanol–water partition coefficient (Wildman–Crippen LogP) is 3.15. The van der Waals surface area contributed by atoms with E-state index in [9.17, 15) is 0 Å². The van der Waals surface area contributed by atoms with Gasteiger partial charge in [0.15, 0.2) is 0 Å². The van der Waals surface area contributed by atoms with E-state index in [1.807, 2.05) is 0 Å². The third-order valence-electron chi connectivity index (χ3n) is 2.30. The molecule has 0 bridgehead atoms. The van der Waals surface area contributed by atoms with Gasteiger partial charge in [-0.1, -0.05) is 34.1 Å². The van der Waals surface area contributed by atoms with Gasteiger partial charge in [0.2, 0.25) is 0 Å². The average molecular weight is 171 g/mol. The van der Waals surface area contributed by atoms with Crippen molar-refractivity contribution in [3.05, 3.63) is 0 Å². The fraction of sp³-hybridized carbons (Fsp3) is 1.00. The maximum Gasteiger partial charge on any atom is -0.00164 e. The third kappa shape index (κ3) is 6.66. The molecule has 0 fully saturated rings. The zero-order valence-corrected chi connectivity index (χ0v) is 9.27. The quantitative estimate of drug-likeness (QED) is 0.569. The van der Waals surface area contributed by atoms with Gasteiger partial charge in [0.25, 0.3) is 0 Å². The van der Waals surface area contributed by atoms with Crippen LogP contribution in [0.4, 0.5) is 0 Å². The van der Waals surface area contributed by atoms with Gasteiger partial charge in [-0.2, -0.15) is 0 Å². The molecule has 0 amide bonds. The second-order valence-corrected chi connectivity index (χ2v) is 3.97. The summed E-state index contributed by atoms with van der Waals surface area (Å²) < 4.78 is 0. The van der Waals surface area contributed by atoms with Crippen LogP contribution in [-0.2, 0) is 0 Å². The molecule has 0 rings (SSSR count). The lowest BCUT2D eigenvalue weighted by molar-refractivity contribution is 0.266. The Morgan fingerprint density at radius 3 is 2.17 bits per heavy atom. The van der Waals surface area contributed by atoms with Crippen LogP contribution in [0, 0.1) is 5.92 Å². The van der Waals surface area contributed by atoms with Crippen molar-refractivity contribution in [2.75, 3.05) is 19.6 Å². The Morgan fingerprint density at radius 2 is 1.75 bits per heavy atom. The SMILES string of the molecule is CCCCN(CC)CCC(C)C. The summed E-state index contributed by atoms with van der Waals surface area (Å²) in [4.78, 5) is 2.56. The summed E-state index contributed by atoms with van der Waals surface area (Å²) in [6.07, 6.45) is 4.02. The predicted molar refractivity (Wildman–Crippen MR) is 56.5 cm³/mol. The van der Waals surface area contributed by atoms with Gasteiger partial charge in [0.1, 0.15) is 0 Å². The normalized spacial score (nSPS) is 11.5. The molecule has 0 aromatic carbocycles. The lowest BCUT2D eigenvalue weighted by atomic mass is 10.1. The van der Waals surface area contributed by atoms with Gasteiger partial charge in [-0.05, 0) is 38.4 Å². The fourth-order valence-electron chi connectivity index (χ4n) is 1.25. The zero-order valence-electron chi connectivity index (χ0n) is 9.27. The highest BCUT2D eigenvalue weighted by molar-refractivity contribution is 4.56. The van der Waals surface area contributed by atoms with Crippen molar-refractivity contribution in [1.82, 2.24) is 4.90 Å². The monoisotopic (exact) mass is 171 g/mol. The van der Waals surface area contributed by atoms with E-state index in [0.29, 0.717) is 0 Å². The van der Waals surface area contributed by atoms with Crippen molar-refractivity contribution < 1.29 is 0 Å². The molecule has 12 heavy (non-hydrogen) atoms. The Kier molecular flexibility index (Phi) is 7.58. The molecule has 0 aliphatic rings. The van der Waals surface area contributed by atoms with E-state index in [1.165, 1.54) is 38.9 Å². The second kappa shape index (κ2) is 7.60. The largest absolute Gasteiger partial charge is 0.304 e. The lowest BCUT2D eigenvalue weighted by Crippen LogP contribution is -2.26. The zero-order chi connectivity index (χ0) is 9.40. The number of nitrogens with zero attached hydrogens (tertiary/aromatic N) is 1.